The largest absolute Gasteiger partial charge is 0.496 e. The van der Waals surface area contributed by atoms with E-state index in [1.807, 2.05) is 0 Å². The summed E-state index contributed by atoms with van der Waals surface area (Å²) in [6, 6.07) is 10.4. The minimum atomic E-state index is -4.42. The first-order chi connectivity index (χ1) is 12.8. The summed E-state index contributed by atoms with van der Waals surface area (Å²) in [7, 11) is 1.37. The van der Waals surface area contributed by atoms with E-state index in [1.165, 1.54) is 43.5 Å². The van der Waals surface area contributed by atoms with E-state index >= 15 is 0 Å². The first kappa shape index (κ1) is 18.4. The van der Waals surface area contributed by atoms with Gasteiger partial charge in [-0.05, 0) is 42.0 Å². The van der Waals surface area contributed by atoms with Crippen LogP contribution in [0, 0.1) is 0 Å². The number of hydrogen-bond donors (Lipinski definition) is 0. The summed E-state index contributed by atoms with van der Waals surface area (Å²) in [6.45, 7) is 0. The Balaban J connectivity index is 1.97. The van der Waals surface area contributed by atoms with Crippen LogP contribution in [0.1, 0.15) is 21.5 Å². The Morgan fingerprint density at radius 3 is 2.33 bits per heavy atom. The number of rotatable bonds is 4. The van der Waals surface area contributed by atoms with Crippen molar-refractivity contribution in [2.45, 2.75) is 6.18 Å². The molecule has 0 amide bonds. The molecule has 1 heterocycles. The SMILES string of the molecule is COc1ccc2ccc(=O)oc2c1C(=O)/C=C/c1ccc(C(F)(F)F)cc1. The summed E-state index contributed by atoms with van der Waals surface area (Å²) in [4.78, 5) is 24.2. The molecule has 27 heavy (non-hydrogen) atoms. The van der Waals surface area contributed by atoms with Crippen LogP contribution in [0.25, 0.3) is 17.0 Å². The predicted octanol–water partition coefficient (Wildman–Crippen LogP) is 4.72. The van der Waals surface area contributed by atoms with E-state index in [-0.39, 0.29) is 16.9 Å². The number of carbonyl (C=O) groups is 1. The molecule has 0 aliphatic rings. The van der Waals surface area contributed by atoms with E-state index in [0.717, 1.165) is 12.1 Å². The summed E-state index contributed by atoms with van der Waals surface area (Å²) in [6.07, 6.45) is -1.86. The Morgan fingerprint density at radius 1 is 1.04 bits per heavy atom. The molecular weight excluding hydrogens is 361 g/mol. The van der Waals surface area contributed by atoms with E-state index in [1.54, 1.807) is 12.1 Å². The lowest BCUT2D eigenvalue weighted by atomic mass is 10.0. The van der Waals surface area contributed by atoms with Crippen molar-refractivity contribution >= 4 is 22.8 Å². The molecule has 0 saturated heterocycles. The number of carbonyl (C=O) groups excluding carboxylic acids is 1. The molecule has 3 aromatic rings. The second kappa shape index (κ2) is 7.11. The summed E-state index contributed by atoms with van der Waals surface area (Å²) >= 11 is 0. The number of halogens is 3. The molecule has 2 aromatic carbocycles. The van der Waals surface area contributed by atoms with Crippen molar-refractivity contribution in [2.24, 2.45) is 0 Å². The third-order valence-corrected chi connectivity index (χ3v) is 3.88. The lowest BCUT2D eigenvalue weighted by molar-refractivity contribution is -0.137. The number of ether oxygens (including phenoxy) is 1. The van der Waals surface area contributed by atoms with Gasteiger partial charge in [0.25, 0.3) is 0 Å². The molecule has 0 aliphatic heterocycles. The van der Waals surface area contributed by atoms with Crippen LogP contribution in [0.15, 0.2) is 63.8 Å². The van der Waals surface area contributed by atoms with Gasteiger partial charge in [0.15, 0.2) is 11.4 Å². The zero-order chi connectivity index (χ0) is 19.6. The molecular formula is C20H13F3O4. The standard InChI is InChI=1S/C20H13F3O4/c1-26-16-10-5-13-6-11-17(25)27-19(13)18(16)15(24)9-4-12-2-7-14(8-3-12)20(21,22)23/h2-11H,1H3/b9-4+. The summed E-state index contributed by atoms with van der Waals surface area (Å²) in [5.74, 6) is -0.286. The van der Waals surface area contributed by atoms with Crippen LogP contribution < -0.4 is 10.4 Å². The van der Waals surface area contributed by atoms with Crippen LogP contribution in [0.3, 0.4) is 0 Å². The average molecular weight is 374 g/mol. The zero-order valence-electron chi connectivity index (χ0n) is 14.0. The lowest BCUT2D eigenvalue weighted by Crippen LogP contribution is -2.04. The molecule has 0 fully saturated rings. The van der Waals surface area contributed by atoms with Gasteiger partial charge in [-0.15, -0.1) is 0 Å². The van der Waals surface area contributed by atoms with Gasteiger partial charge in [0, 0.05) is 11.5 Å². The fraction of sp³-hybridized carbons (Fsp3) is 0.100. The van der Waals surface area contributed by atoms with Crippen molar-refractivity contribution < 1.29 is 27.1 Å². The first-order valence-corrected chi connectivity index (χ1v) is 7.80. The molecule has 0 atom stereocenters. The van der Waals surface area contributed by atoms with Crippen molar-refractivity contribution in [3.8, 4) is 5.75 Å². The Kier molecular flexibility index (Phi) is 4.85. The first-order valence-electron chi connectivity index (χ1n) is 7.80. The molecule has 4 nitrogen and oxygen atoms in total. The fourth-order valence-electron chi connectivity index (χ4n) is 2.56. The van der Waals surface area contributed by atoms with Gasteiger partial charge in [-0.25, -0.2) is 4.79 Å². The van der Waals surface area contributed by atoms with Crippen molar-refractivity contribution in [2.75, 3.05) is 7.11 Å². The molecule has 3 rings (SSSR count). The second-order valence-corrected chi connectivity index (χ2v) is 5.63. The van der Waals surface area contributed by atoms with E-state index in [2.05, 4.69) is 0 Å². The van der Waals surface area contributed by atoms with E-state index < -0.39 is 23.1 Å². The minimum absolute atomic E-state index is 0.0656. The van der Waals surface area contributed by atoms with E-state index in [0.29, 0.717) is 10.9 Å². The molecule has 0 saturated carbocycles. The highest BCUT2D eigenvalue weighted by Crippen LogP contribution is 2.30. The van der Waals surface area contributed by atoms with E-state index in [4.69, 9.17) is 9.15 Å². The third-order valence-electron chi connectivity index (χ3n) is 3.88. The monoisotopic (exact) mass is 374 g/mol. The Morgan fingerprint density at radius 2 is 1.70 bits per heavy atom. The van der Waals surface area contributed by atoms with Gasteiger partial charge >= 0.3 is 11.8 Å². The van der Waals surface area contributed by atoms with Gasteiger partial charge in [0.05, 0.1) is 12.7 Å². The molecule has 0 bridgehead atoms. The number of hydrogen-bond acceptors (Lipinski definition) is 4. The third kappa shape index (κ3) is 3.92. The molecule has 0 unspecified atom stereocenters. The average Bonchev–Trinajstić information content (AvgIpc) is 2.64. The molecule has 0 N–H and O–H groups in total. The van der Waals surface area contributed by atoms with Gasteiger partial charge in [-0.1, -0.05) is 18.2 Å². The van der Waals surface area contributed by atoms with Crippen molar-refractivity contribution in [1.82, 2.24) is 0 Å². The van der Waals surface area contributed by atoms with Crippen LogP contribution in [0.4, 0.5) is 13.2 Å². The summed E-state index contributed by atoms with van der Waals surface area (Å²) in [5, 5.41) is 0.543. The predicted molar refractivity (Wildman–Crippen MR) is 93.8 cm³/mol. The van der Waals surface area contributed by atoms with Crippen LogP contribution in [-0.4, -0.2) is 12.9 Å². The molecule has 0 aliphatic carbocycles. The smallest absolute Gasteiger partial charge is 0.416 e. The van der Waals surface area contributed by atoms with Gasteiger partial charge in [-0.3, -0.25) is 4.79 Å². The van der Waals surface area contributed by atoms with Crippen LogP contribution in [0.2, 0.25) is 0 Å². The van der Waals surface area contributed by atoms with Gasteiger partial charge in [0.2, 0.25) is 0 Å². The molecule has 138 valence electrons. The quantitative estimate of drug-likeness (QED) is 0.377. The summed E-state index contributed by atoms with van der Waals surface area (Å²) < 4.78 is 48.1. The number of allylic oxidation sites excluding steroid dienone is 1. The lowest BCUT2D eigenvalue weighted by Gasteiger charge is -2.08. The maximum absolute atomic E-state index is 12.6. The Bertz CT molecular complexity index is 1080. The maximum atomic E-state index is 12.6. The van der Waals surface area contributed by atoms with Crippen LogP contribution >= 0.6 is 0 Å². The van der Waals surface area contributed by atoms with Gasteiger partial charge in [0.1, 0.15) is 11.3 Å². The molecule has 1 aromatic heterocycles. The second-order valence-electron chi connectivity index (χ2n) is 5.63. The number of methoxy groups -OCH3 is 1. The highest BCUT2D eigenvalue weighted by atomic mass is 19.4. The molecule has 7 heteroatoms. The Hall–Kier alpha value is -3.35. The number of alkyl halides is 3. The minimum Gasteiger partial charge on any atom is -0.496 e. The fourth-order valence-corrected chi connectivity index (χ4v) is 2.56. The zero-order valence-corrected chi connectivity index (χ0v) is 14.0. The maximum Gasteiger partial charge on any atom is 0.416 e. The number of fused-ring (bicyclic) bond motifs is 1. The van der Waals surface area contributed by atoms with Crippen LogP contribution in [-0.2, 0) is 6.18 Å². The highest BCUT2D eigenvalue weighted by Gasteiger charge is 2.29. The van der Waals surface area contributed by atoms with Gasteiger partial charge < -0.3 is 9.15 Å². The molecule has 0 radical (unpaired) electrons. The number of benzene rings is 2. The van der Waals surface area contributed by atoms with Crippen molar-refractivity contribution in [1.29, 1.82) is 0 Å². The Labute approximate surface area is 151 Å². The molecule has 0 spiro atoms. The number of ketones is 1. The van der Waals surface area contributed by atoms with Crippen molar-refractivity contribution in [3.05, 3.63) is 81.7 Å². The van der Waals surface area contributed by atoms with Crippen LogP contribution in [0.5, 0.6) is 5.75 Å². The van der Waals surface area contributed by atoms with E-state index in [9.17, 15) is 22.8 Å². The topological polar surface area (TPSA) is 56.5 Å². The highest BCUT2D eigenvalue weighted by molar-refractivity contribution is 6.15. The van der Waals surface area contributed by atoms with Crippen molar-refractivity contribution in [3.63, 3.8) is 0 Å². The summed E-state index contributed by atoms with van der Waals surface area (Å²) in [5.41, 5.74) is -0.822. The normalized spacial score (nSPS) is 11.9. The van der Waals surface area contributed by atoms with Gasteiger partial charge in [-0.2, -0.15) is 13.2 Å².